The Morgan fingerprint density at radius 1 is 1.07 bits per heavy atom. The van der Waals surface area contributed by atoms with E-state index in [1.54, 1.807) is 6.08 Å². The van der Waals surface area contributed by atoms with Crippen molar-refractivity contribution in [2.24, 2.45) is 47.3 Å². The van der Waals surface area contributed by atoms with Crippen LogP contribution in [0, 0.1) is 47.3 Å². The van der Waals surface area contributed by atoms with Gasteiger partial charge in [-0.2, -0.15) is 0 Å². The molecule has 0 heterocycles. The summed E-state index contributed by atoms with van der Waals surface area (Å²) in [6.07, 6.45) is 0.188. The molecule has 4 rings (SSSR count). The van der Waals surface area contributed by atoms with Gasteiger partial charge in [-0.15, -0.1) is 0 Å². The van der Waals surface area contributed by atoms with Crippen LogP contribution in [0.15, 0.2) is 12.2 Å². The summed E-state index contributed by atoms with van der Waals surface area (Å²) in [6, 6.07) is 0. The zero-order valence-electron chi connectivity index (χ0n) is 17.8. The molecule has 3 fully saturated rings. The van der Waals surface area contributed by atoms with Crippen LogP contribution in [0.1, 0.15) is 40.0 Å². The van der Waals surface area contributed by atoms with Crippen LogP contribution in [0.25, 0.3) is 0 Å². The van der Waals surface area contributed by atoms with Gasteiger partial charge >= 0.3 is 0 Å². The molecular formula is C23H34O7. The van der Waals surface area contributed by atoms with Gasteiger partial charge in [0.25, 0.3) is 0 Å². The molecule has 4 aliphatic rings. The summed E-state index contributed by atoms with van der Waals surface area (Å²) in [6.45, 7) is 5.41. The summed E-state index contributed by atoms with van der Waals surface area (Å²) in [5.41, 5.74) is -2.17. The second-order valence-electron chi connectivity index (χ2n) is 10.5. The number of carbonyl (C=O) groups is 2. The normalized spacial score (nSPS) is 53.1. The number of aliphatic hydroxyl groups excluding tert-OH is 4. The van der Waals surface area contributed by atoms with Crippen molar-refractivity contribution in [3.8, 4) is 0 Å². The average Bonchev–Trinajstić information content (AvgIpc) is 2.64. The Bertz CT molecular complexity index is 748. The second kappa shape index (κ2) is 7.48. The Balaban J connectivity index is 1.70. The zero-order chi connectivity index (χ0) is 22.1. The Labute approximate surface area is 176 Å². The lowest BCUT2D eigenvalue weighted by molar-refractivity contribution is -0.237. The fourth-order valence-electron chi connectivity index (χ4n) is 7.26. The van der Waals surface area contributed by atoms with Gasteiger partial charge in [0.1, 0.15) is 11.7 Å². The summed E-state index contributed by atoms with van der Waals surface area (Å²) in [4.78, 5) is 25.0. The Morgan fingerprint density at radius 2 is 1.73 bits per heavy atom. The number of hydrogen-bond donors (Lipinski definition) is 5. The lowest BCUT2D eigenvalue weighted by atomic mass is 9.48. The van der Waals surface area contributed by atoms with Crippen molar-refractivity contribution >= 4 is 11.6 Å². The summed E-state index contributed by atoms with van der Waals surface area (Å²) in [5.74, 6) is -4.26. The van der Waals surface area contributed by atoms with Crippen molar-refractivity contribution in [2.75, 3.05) is 0 Å². The molecule has 0 aromatic heterocycles. The van der Waals surface area contributed by atoms with Gasteiger partial charge in [0.05, 0.1) is 24.4 Å². The topological polar surface area (TPSA) is 135 Å². The van der Waals surface area contributed by atoms with Crippen LogP contribution in [-0.4, -0.2) is 67.1 Å². The summed E-state index contributed by atoms with van der Waals surface area (Å²) in [5, 5.41) is 54.9. The maximum atomic E-state index is 13.1. The van der Waals surface area contributed by atoms with Crippen LogP contribution in [-0.2, 0) is 9.59 Å². The van der Waals surface area contributed by atoms with E-state index in [0.717, 1.165) is 0 Å². The van der Waals surface area contributed by atoms with Gasteiger partial charge in [0.2, 0.25) is 0 Å². The van der Waals surface area contributed by atoms with Crippen LogP contribution < -0.4 is 0 Å². The molecule has 0 aliphatic heterocycles. The van der Waals surface area contributed by atoms with Crippen molar-refractivity contribution in [3.05, 3.63) is 12.2 Å². The Morgan fingerprint density at radius 3 is 2.33 bits per heavy atom. The molecule has 5 N–H and O–H groups in total. The highest BCUT2D eigenvalue weighted by atomic mass is 16.4. The minimum atomic E-state index is -2.17. The molecule has 30 heavy (non-hydrogen) atoms. The third kappa shape index (κ3) is 2.97. The van der Waals surface area contributed by atoms with Crippen molar-refractivity contribution in [1.82, 2.24) is 0 Å². The van der Waals surface area contributed by atoms with Crippen molar-refractivity contribution < 1.29 is 35.1 Å². The van der Waals surface area contributed by atoms with Crippen LogP contribution in [0.5, 0.6) is 0 Å². The largest absolute Gasteiger partial charge is 0.392 e. The highest BCUT2D eigenvalue weighted by Crippen LogP contribution is 2.57. The van der Waals surface area contributed by atoms with Crippen LogP contribution >= 0.6 is 0 Å². The number of Topliss-reactive ketones (excluding diaryl/α,β-unsaturated/α-hetero) is 2. The first kappa shape index (κ1) is 22.1. The van der Waals surface area contributed by atoms with Crippen LogP contribution in [0.4, 0.5) is 0 Å². The molecule has 12 atom stereocenters. The maximum absolute atomic E-state index is 13.1. The van der Waals surface area contributed by atoms with E-state index < -0.39 is 65.3 Å². The molecule has 4 aliphatic carbocycles. The van der Waals surface area contributed by atoms with Crippen LogP contribution in [0.2, 0.25) is 0 Å². The van der Waals surface area contributed by atoms with E-state index in [9.17, 15) is 35.1 Å². The quantitative estimate of drug-likeness (QED) is 0.314. The number of aliphatic hydroxyl groups is 5. The van der Waals surface area contributed by atoms with Crippen molar-refractivity contribution in [3.63, 3.8) is 0 Å². The van der Waals surface area contributed by atoms with E-state index in [1.165, 1.54) is 6.92 Å². The molecule has 7 heteroatoms. The molecule has 0 aromatic carbocycles. The molecule has 0 radical (unpaired) electrons. The molecular weight excluding hydrogens is 388 g/mol. The van der Waals surface area contributed by atoms with E-state index in [4.69, 9.17) is 0 Å². The van der Waals surface area contributed by atoms with E-state index in [2.05, 4.69) is 13.8 Å². The number of carbonyl (C=O) groups excluding carboxylic acids is 2. The van der Waals surface area contributed by atoms with E-state index >= 15 is 0 Å². The molecule has 9 unspecified atom stereocenters. The standard InChI is InChI=1S/C23H34O7/c1-9(2)13-4-5-15(25)19-14(13)7-11-6-12-8-16(26)17(10(3)24)21(28)23(12,30)22(29)18(11)20(19)27/h4-5,9,11-20,22,25-27,29-30H,6-8H2,1-3H3/t11-,12+,13?,14?,15?,16?,17?,18?,19?,20?,22?,23-/m1/s1. The summed E-state index contributed by atoms with van der Waals surface area (Å²) >= 11 is 0. The zero-order valence-corrected chi connectivity index (χ0v) is 17.8. The molecule has 0 saturated heterocycles. The van der Waals surface area contributed by atoms with Gasteiger partial charge in [0.15, 0.2) is 11.4 Å². The van der Waals surface area contributed by atoms with Gasteiger partial charge in [-0.1, -0.05) is 26.0 Å². The monoisotopic (exact) mass is 422 g/mol. The maximum Gasteiger partial charge on any atom is 0.180 e. The third-order valence-corrected chi connectivity index (χ3v) is 8.64. The number of hydrogen-bond acceptors (Lipinski definition) is 7. The predicted molar refractivity (Wildman–Crippen MR) is 107 cm³/mol. The number of allylic oxidation sites excluding steroid dienone is 1. The molecule has 168 valence electrons. The number of rotatable bonds is 2. The molecule has 0 bridgehead atoms. The first-order valence-electron chi connectivity index (χ1n) is 11.2. The SMILES string of the molecule is CC(=O)C1C(=O)[C@@]2(O)C(O)C3C(O)C4C(O)C=CC(C(C)C)C4C[C@H]3C[C@H]2CC1O. The fourth-order valence-corrected chi connectivity index (χ4v) is 7.26. The molecule has 3 saturated carbocycles. The molecule has 0 spiro atoms. The lowest BCUT2D eigenvalue weighted by Crippen LogP contribution is -2.72. The number of fused-ring (bicyclic) bond motifs is 3. The average molecular weight is 423 g/mol. The van der Waals surface area contributed by atoms with E-state index in [-0.39, 0.29) is 24.2 Å². The molecule has 0 amide bonds. The van der Waals surface area contributed by atoms with Crippen LogP contribution in [0.3, 0.4) is 0 Å². The first-order chi connectivity index (χ1) is 14.0. The van der Waals surface area contributed by atoms with Gasteiger partial charge in [-0.05, 0) is 49.9 Å². The minimum absolute atomic E-state index is 0.0360. The van der Waals surface area contributed by atoms with E-state index in [1.807, 2.05) is 6.08 Å². The molecule has 0 aromatic rings. The summed E-state index contributed by atoms with van der Waals surface area (Å²) in [7, 11) is 0. The Kier molecular flexibility index (Phi) is 5.51. The van der Waals surface area contributed by atoms with Gasteiger partial charge in [-0.3, -0.25) is 9.59 Å². The highest BCUT2D eigenvalue weighted by Gasteiger charge is 2.66. The van der Waals surface area contributed by atoms with Gasteiger partial charge in [0, 0.05) is 17.8 Å². The smallest absolute Gasteiger partial charge is 0.180 e. The highest BCUT2D eigenvalue weighted by molar-refractivity contribution is 6.07. The third-order valence-electron chi connectivity index (χ3n) is 8.64. The summed E-state index contributed by atoms with van der Waals surface area (Å²) < 4.78 is 0. The minimum Gasteiger partial charge on any atom is -0.392 e. The van der Waals surface area contributed by atoms with Gasteiger partial charge in [-0.25, -0.2) is 0 Å². The molecule has 7 nitrogen and oxygen atoms in total. The van der Waals surface area contributed by atoms with Crippen molar-refractivity contribution in [2.45, 2.75) is 70.1 Å². The lowest BCUT2D eigenvalue weighted by Gasteiger charge is -2.59. The van der Waals surface area contributed by atoms with Gasteiger partial charge < -0.3 is 25.5 Å². The fraction of sp³-hybridized carbons (Fsp3) is 0.826. The van der Waals surface area contributed by atoms with E-state index in [0.29, 0.717) is 18.8 Å². The second-order valence-corrected chi connectivity index (χ2v) is 10.5. The Hall–Kier alpha value is -1.12. The predicted octanol–water partition coefficient (Wildman–Crippen LogP) is 0.0695. The first-order valence-corrected chi connectivity index (χ1v) is 11.2. The van der Waals surface area contributed by atoms with Crippen molar-refractivity contribution in [1.29, 1.82) is 0 Å². The number of ketones is 2.